The highest BCUT2D eigenvalue weighted by atomic mass is 19.1. The van der Waals surface area contributed by atoms with Crippen molar-refractivity contribution >= 4 is 22.5 Å². The molecule has 0 bridgehead atoms. The van der Waals surface area contributed by atoms with E-state index in [0.717, 1.165) is 16.6 Å². The number of benzene rings is 2. The molecule has 1 aliphatic rings. The number of halogens is 1. The maximum absolute atomic E-state index is 13.0. The van der Waals surface area contributed by atoms with Crippen LogP contribution >= 0.6 is 0 Å². The van der Waals surface area contributed by atoms with Crippen LogP contribution in [-0.4, -0.2) is 53.6 Å². The molecule has 0 radical (unpaired) electrons. The molecule has 3 aromatic rings. The Labute approximate surface area is 156 Å². The van der Waals surface area contributed by atoms with Gasteiger partial charge < -0.3 is 14.5 Å². The minimum absolute atomic E-state index is 0.0580. The molecular weight excluding hydrogens is 347 g/mol. The molecular formula is C20H19FN4O2. The number of ether oxygens (including phenoxy) is 1. The van der Waals surface area contributed by atoms with Gasteiger partial charge in [-0.1, -0.05) is 12.1 Å². The van der Waals surface area contributed by atoms with Gasteiger partial charge in [0.2, 0.25) is 5.88 Å². The normalized spacial score (nSPS) is 14.4. The minimum Gasteiger partial charge on any atom is -0.467 e. The fourth-order valence-electron chi connectivity index (χ4n) is 3.18. The van der Waals surface area contributed by atoms with Gasteiger partial charge in [0.05, 0.1) is 10.9 Å². The highest BCUT2D eigenvalue weighted by Gasteiger charge is 2.22. The maximum atomic E-state index is 13.0. The van der Waals surface area contributed by atoms with Crippen LogP contribution in [0.25, 0.3) is 10.9 Å². The third-order valence-corrected chi connectivity index (χ3v) is 4.66. The third kappa shape index (κ3) is 3.81. The Hall–Kier alpha value is -3.22. The second kappa shape index (κ2) is 7.57. The molecule has 1 aromatic heterocycles. The molecule has 7 heteroatoms. The quantitative estimate of drug-likeness (QED) is 0.710. The van der Waals surface area contributed by atoms with Gasteiger partial charge in [0.15, 0.2) is 6.61 Å². The van der Waals surface area contributed by atoms with Gasteiger partial charge in [-0.25, -0.2) is 14.4 Å². The SMILES string of the molecule is O=C(COc1ncnc2ccccc12)N1CCN(c2ccc(F)cc2)CC1. The molecule has 6 nitrogen and oxygen atoms in total. The molecule has 1 aliphatic heterocycles. The van der Waals surface area contributed by atoms with Crippen molar-refractivity contribution in [2.45, 2.75) is 0 Å². The van der Waals surface area contributed by atoms with Gasteiger partial charge in [0.25, 0.3) is 5.91 Å². The van der Waals surface area contributed by atoms with Crippen LogP contribution in [-0.2, 0) is 4.79 Å². The van der Waals surface area contributed by atoms with E-state index in [-0.39, 0.29) is 18.3 Å². The molecule has 0 saturated carbocycles. The van der Waals surface area contributed by atoms with E-state index in [9.17, 15) is 9.18 Å². The van der Waals surface area contributed by atoms with E-state index in [1.807, 2.05) is 24.3 Å². The molecule has 1 fully saturated rings. The molecule has 2 aromatic carbocycles. The number of hydrogen-bond donors (Lipinski definition) is 0. The van der Waals surface area contributed by atoms with Gasteiger partial charge in [-0.05, 0) is 36.4 Å². The summed E-state index contributed by atoms with van der Waals surface area (Å²) in [6.07, 6.45) is 1.43. The molecule has 0 N–H and O–H groups in total. The molecule has 138 valence electrons. The second-order valence-electron chi connectivity index (χ2n) is 6.33. The predicted molar refractivity (Wildman–Crippen MR) is 100 cm³/mol. The van der Waals surface area contributed by atoms with E-state index in [4.69, 9.17) is 4.74 Å². The summed E-state index contributed by atoms with van der Waals surface area (Å²) in [5, 5.41) is 0.786. The van der Waals surface area contributed by atoms with Gasteiger partial charge >= 0.3 is 0 Å². The Balaban J connectivity index is 1.34. The van der Waals surface area contributed by atoms with Crippen molar-refractivity contribution < 1.29 is 13.9 Å². The summed E-state index contributed by atoms with van der Waals surface area (Å²) >= 11 is 0. The monoisotopic (exact) mass is 366 g/mol. The summed E-state index contributed by atoms with van der Waals surface area (Å²) in [5.74, 6) is 0.0947. The lowest BCUT2D eigenvalue weighted by molar-refractivity contribution is -0.133. The molecule has 27 heavy (non-hydrogen) atoms. The van der Waals surface area contributed by atoms with Gasteiger partial charge in [0.1, 0.15) is 12.1 Å². The molecule has 1 saturated heterocycles. The highest BCUT2D eigenvalue weighted by molar-refractivity contribution is 5.84. The Morgan fingerprint density at radius 1 is 1.00 bits per heavy atom. The number of anilines is 1. The number of nitrogens with zero attached hydrogens (tertiary/aromatic N) is 4. The van der Waals surface area contributed by atoms with Crippen molar-refractivity contribution in [3.63, 3.8) is 0 Å². The Morgan fingerprint density at radius 3 is 2.52 bits per heavy atom. The zero-order valence-corrected chi connectivity index (χ0v) is 14.7. The summed E-state index contributed by atoms with van der Waals surface area (Å²) < 4.78 is 18.7. The molecule has 0 atom stereocenters. The number of amides is 1. The summed E-state index contributed by atoms with van der Waals surface area (Å²) in [6.45, 7) is 2.55. The van der Waals surface area contributed by atoms with E-state index in [0.29, 0.717) is 32.1 Å². The average molecular weight is 366 g/mol. The lowest BCUT2D eigenvalue weighted by atomic mass is 10.2. The minimum atomic E-state index is -0.248. The van der Waals surface area contributed by atoms with Crippen LogP contribution in [0.4, 0.5) is 10.1 Å². The fraction of sp³-hybridized carbons (Fsp3) is 0.250. The summed E-state index contributed by atoms with van der Waals surface area (Å²) in [5.41, 5.74) is 1.75. The van der Waals surface area contributed by atoms with E-state index in [1.54, 1.807) is 17.0 Å². The zero-order chi connectivity index (χ0) is 18.6. The smallest absolute Gasteiger partial charge is 0.260 e. The number of carbonyl (C=O) groups excluding carboxylic acids is 1. The van der Waals surface area contributed by atoms with Crippen molar-refractivity contribution in [3.8, 4) is 5.88 Å². The number of fused-ring (bicyclic) bond motifs is 1. The molecule has 1 amide bonds. The van der Waals surface area contributed by atoms with Crippen LogP contribution in [0.1, 0.15) is 0 Å². The molecule has 0 unspecified atom stereocenters. The zero-order valence-electron chi connectivity index (χ0n) is 14.7. The van der Waals surface area contributed by atoms with Gasteiger partial charge in [-0.2, -0.15) is 0 Å². The van der Waals surface area contributed by atoms with Crippen LogP contribution in [0.15, 0.2) is 54.9 Å². The topological polar surface area (TPSA) is 58.6 Å². The van der Waals surface area contributed by atoms with Crippen molar-refractivity contribution in [2.24, 2.45) is 0 Å². The summed E-state index contributed by atoms with van der Waals surface area (Å²) in [4.78, 5) is 24.7. The molecule has 4 rings (SSSR count). The lowest BCUT2D eigenvalue weighted by Crippen LogP contribution is -2.50. The van der Waals surface area contributed by atoms with Gasteiger partial charge in [-0.3, -0.25) is 4.79 Å². The second-order valence-corrected chi connectivity index (χ2v) is 6.33. The van der Waals surface area contributed by atoms with Gasteiger partial charge in [-0.15, -0.1) is 0 Å². The van der Waals surface area contributed by atoms with Crippen LogP contribution in [0.2, 0.25) is 0 Å². The van der Waals surface area contributed by atoms with Crippen LogP contribution < -0.4 is 9.64 Å². The van der Waals surface area contributed by atoms with Crippen molar-refractivity contribution in [3.05, 3.63) is 60.7 Å². The third-order valence-electron chi connectivity index (χ3n) is 4.66. The number of rotatable bonds is 4. The standard InChI is InChI=1S/C20H19FN4O2/c21-15-5-7-16(8-6-15)24-9-11-25(12-10-24)19(26)13-27-20-17-3-1-2-4-18(17)22-14-23-20/h1-8,14H,9-13H2. The Kier molecular flexibility index (Phi) is 4.82. The highest BCUT2D eigenvalue weighted by Crippen LogP contribution is 2.21. The number of para-hydroxylation sites is 1. The summed E-state index contributed by atoms with van der Waals surface area (Å²) in [7, 11) is 0. The largest absolute Gasteiger partial charge is 0.467 e. The number of hydrogen-bond acceptors (Lipinski definition) is 5. The number of carbonyl (C=O) groups is 1. The lowest BCUT2D eigenvalue weighted by Gasteiger charge is -2.36. The van der Waals surface area contributed by atoms with Crippen molar-refractivity contribution in [1.29, 1.82) is 0 Å². The van der Waals surface area contributed by atoms with Crippen molar-refractivity contribution in [2.75, 3.05) is 37.7 Å². The van der Waals surface area contributed by atoms with E-state index in [2.05, 4.69) is 14.9 Å². The Bertz CT molecular complexity index is 935. The first-order valence-electron chi connectivity index (χ1n) is 8.81. The van der Waals surface area contributed by atoms with Crippen LogP contribution in [0, 0.1) is 5.82 Å². The first kappa shape index (κ1) is 17.2. The van der Waals surface area contributed by atoms with Crippen molar-refractivity contribution in [1.82, 2.24) is 14.9 Å². The Morgan fingerprint density at radius 2 is 1.74 bits per heavy atom. The molecule has 2 heterocycles. The molecule has 0 aliphatic carbocycles. The van der Waals surface area contributed by atoms with Crippen LogP contribution in [0.3, 0.4) is 0 Å². The van der Waals surface area contributed by atoms with E-state index < -0.39 is 0 Å². The predicted octanol–water partition coefficient (Wildman–Crippen LogP) is 2.50. The van der Waals surface area contributed by atoms with Gasteiger partial charge in [0, 0.05) is 31.9 Å². The maximum Gasteiger partial charge on any atom is 0.260 e. The summed E-state index contributed by atoms with van der Waals surface area (Å²) in [6, 6.07) is 13.9. The molecule has 0 spiro atoms. The fourth-order valence-corrected chi connectivity index (χ4v) is 3.18. The van der Waals surface area contributed by atoms with E-state index >= 15 is 0 Å². The first-order valence-corrected chi connectivity index (χ1v) is 8.81. The first-order chi connectivity index (χ1) is 13.2. The van der Waals surface area contributed by atoms with Crippen LogP contribution in [0.5, 0.6) is 5.88 Å². The average Bonchev–Trinajstić information content (AvgIpc) is 2.72. The number of aromatic nitrogens is 2. The van der Waals surface area contributed by atoms with E-state index in [1.165, 1.54) is 18.5 Å². The number of piperazine rings is 1.